The number of hydrogen-bond acceptors (Lipinski definition) is 4. The lowest BCUT2D eigenvalue weighted by Gasteiger charge is -2.11. The number of allylic oxidation sites excluding steroid dienone is 2. The van der Waals surface area contributed by atoms with Gasteiger partial charge in [-0.1, -0.05) is 11.6 Å². The zero-order valence-electron chi connectivity index (χ0n) is 13.2. The van der Waals surface area contributed by atoms with Gasteiger partial charge >= 0.3 is 0 Å². The number of Topliss-reactive ketones (excluding diaryl/α,β-unsaturated/α-hetero) is 1. The number of ether oxygens (including phenoxy) is 1. The fourth-order valence-electron chi connectivity index (χ4n) is 2.35. The standard InChI is InChI=1S/C18H21NO3/c1-12(2)4-5-14-10-15-13(11-17(14)22-3)6-8-19-18(15)16(21)7-9-20/h4,6,8,10-11,20H,5,7,9H2,1-3H3. The van der Waals surface area contributed by atoms with Crippen molar-refractivity contribution in [1.29, 1.82) is 0 Å². The van der Waals surface area contributed by atoms with E-state index in [1.807, 2.05) is 32.0 Å². The average Bonchev–Trinajstić information content (AvgIpc) is 2.51. The van der Waals surface area contributed by atoms with Gasteiger partial charge in [-0.2, -0.15) is 0 Å². The summed E-state index contributed by atoms with van der Waals surface area (Å²) in [7, 11) is 1.65. The number of aliphatic hydroxyl groups is 1. The quantitative estimate of drug-likeness (QED) is 0.656. The molecule has 1 heterocycles. The van der Waals surface area contributed by atoms with Crippen LogP contribution in [-0.4, -0.2) is 29.6 Å². The predicted octanol–water partition coefficient (Wildman–Crippen LogP) is 3.32. The molecule has 1 aromatic heterocycles. The van der Waals surface area contributed by atoms with Crippen LogP contribution in [0.1, 0.15) is 36.3 Å². The molecule has 0 saturated carbocycles. The van der Waals surface area contributed by atoms with Crippen molar-refractivity contribution in [2.24, 2.45) is 0 Å². The minimum absolute atomic E-state index is 0.0848. The van der Waals surface area contributed by atoms with Crippen molar-refractivity contribution in [2.45, 2.75) is 26.7 Å². The Hall–Kier alpha value is -2.20. The number of rotatable bonds is 6. The first-order chi connectivity index (χ1) is 10.6. The number of fused-ring (bicyclic) bond motifs is 1. The zero-order chi connectivity index (χ0) is 16.1. The summed E-state index contributed by atoms with van der Waals surface area (Å²) in [5, 5.41) is 10.7. The summed E-state index contributed by atoms with van der Waals surface area (Å²) in [6.45, 7) is 3.92. The Balaban J connectivity index is 2.58. The number of benzene rings is 1. The number of methoxy groups -OCH3 is 1. The van der Waals surface area contributed by atoms with Gasteiger partial charge in [-0.3, -0.25) is 9.78 Å². The fourth-order valence-corrected chi connectivity index (χ4v) is 2.35. The van der Waals surface area contributed by atoms with Crippen LogP contribution < -0.4 is 4.74 Å². The summed E-state index contributed by atoms with van der Waals surface area (Å²) in [5.41, 5.74) is 2.65. The van der Waals surface area contributed by atoms with Crippen molar-refractivity contribution in [3.63, 3.8) is 0 Å². The van der Waals surface area contributed by atoms with Gasteiger partial charge < -0.3 is 9.84 Å². The Morgan fingerprint density at radius 3 is 2.77 bits per heavy atom. The summed E-state index contributed by atoms with van der Waals surface area (Å²) in [4.78, 5) is 16.3. The van der Waals surface area contributed by atoms with E-state index in [0.717, 1.165) is 28.5 Å². The molecule has 116 valence electrons. The van der Waals surface area contributed by atoms with E-state index in [9.17, 15) is 4.79 Å². The van der Waals surface area contributed by atoms with Gasteiger partial charge in [0.25, 0.3) is 0 Å². The van der Waals surface area contributed by atoms with Crippen molar-refractivity contribution in [3.8, 4) is 5.75 Å². The van der Waals surface area contributed by atoms with Crippen LogP contribution in [0.3, 0.4) is 0 Å². The van der Waals surface area contributed by atoms with Crippen LogP contribution in [-0.2, 0) is 6.42 Å². The molecule has 22 heavy (non-hydrogen) atoms. The summed E-state index contributed by atoms with van der Waals surface area (Å²) in [6, 6.07) is 5.75. The van der Waals surface area contributed by atoms with E-state index >= 15 is 0 Å². The molecule has 0 radical (unpaired) electrons. The van der Waals surface area contributed by atoms with Crippen molar-refractivity contribution in [1.82, 2.24) is 4.98 Å². The number of hydrogen-bond donors (Lipinski definition) is 1. The maximum absolute atomic E-state index is 12.1. The van der Waals surface area contributed by atoms with E-state index < -0.39 is 0 Å². The third-order valence-electron chi connectivity index (χ3n) is 3.50. The van der Waals surface area contributed by atoms with Crippen LogP contribution in [0.2, 0.25) is 0 Å². The molecule has 0 atom stereocenters. The second kappa shape index (κ2) is 7.18. The molecule has 2 aromatic rings. The normalized spacial score (nSPS) is 10.5. The Labute approximate surface area is 130 Å². The highest BCUT2D eigenvalue weighted by Gasteiger charge is 2.14. The molecule has 1 aromatic carbocycles. The van der Waals surface area contributed by atoms with Crippen LogP contribution in [0.25, 0.3) is 10.8 Å². The summed E-state index contributed by atoms with van der Waals surface area (Å²) >= 11 is 0. The maximum Gasteiger partial charge on any atom is 0.184 e. The first-order valence-corrected chi connectivity index (χ1v) is 7.30. The Morgan fingerprint density at radius 2 is 2.14 bits per heavy atom. The van der Waals surface area contributed by atoms with E-state index in [1.165, 1.54) is 5.57 Å². The molecule has 0 amide bonds. The second-order valence-corrected chi connectivity index (χ2v) is 5.43. The number of aromatic nitrogens is 1. The van der Waals surface area contributed by atoms with Crippen molar-refractivity contribution in [3.05, 3.63) is 47.3 Å². The third kappa shape index (κ3) is 3.52. The van der Waals surface area contributed by atoms with Crippen LogP contribution in [0.15, 0.2) is 36.0 Å². The largest absolute Gasteiger partial charge is 0.496 e. The smallest absolute Gasteiger partial charge is 0.184 e. The molecule has 4 heteroatoms. The summed E-state index contributed by atoms with van der Waals surface area (Å²) in [6.07, 6.45) is 4.56. The number of ketones is 1. The van der Waals surface area contributed by atoms with Crippen LogP contribution in [0, 0.1) is 0 Å². The molecular formula is C18H21NO3. The van der Waals surface area contributed by atoms with Crippen molar-refractivity contribution < 1.29 is 14.6 Å². The fraction of sp³-hybridized carbons (Fsp3) is 0.333. The lowest BCUT2D eigenvalue weighted by Crippen LogP contribution is -2.05. The first kappa shape index (κ1) is 16.2. The van der Waals surface area contributed by atoms with Gasteiger partial charge in [0.05, 0.1) is 13.7 Å². The minimum Gasteiger partial charge on any atom is -0.496 e. The van der Waals surface area contributed by atoms with Gasteiger partial charge in [0.15, 0.2) is 5.78 Å². The highest BCUT2D eigenvalue weighted by molar-refractivity contribution is 6.06. The van der Waals surface area contributed by atoms with E-state index in [2.05, 4.69) is 11.1 Å². The lowest BCUT2D eigenvalue weighted by atomic mass is 10.00. The monoisotopic (exact) mass is 299 g/mol. The zero-order valence-corrected chi connectivity index (χ0v) is 13.2. The topological polar surface area (TPSA) is 59.4 Å². The molecule has 1 N–H and O–H groups in total. The van der Waals surface area contributed by atoms with Gasteiger partial charge in [-0.15, -0.1) is 0 Å². The van der Waals surface area contributed by atoms with Crippen LogP contribution >= 0.6 is 0 Å². The molecular weight excluding hydrogens is 278 g/mol. The van der Waals surface area contributed by atoms with E-state index in [4.69, 9.17) is 9.84 Å². The highest BCUT2D eigenvalue weighted by atomic mass is 16.5. The molecule has 0 bridgehead atoms. The Kier molecular flexibility index (Phi) is 5.28. The number of carbonyl (C=O) groups excluding carboxylic acids is 1. The number of aliphatic hydroxyl groups excluding tert-OH is 1. The third-order valence-corrected chi connectivity index (χ3v) is 3.50. The van der Waals surface area contributed by atoms with E-state index in [0.29, 0.717) is 5.69 Å². The van der Waals surface area contributed by atoms with Gasteiger partial charge in [-0.05, 0) is 49.4 Å². The van der Waals surface area contributed by atoms with Gasteiger partial charge in [0.2, 0.25) is 0 Å². The van der Waals surface area contributed by atoms with Crippen molar-refractivity contribution >= 4 is 16.6 Å². The SMILES string of the molecule is COc1cc2ccnc(C(=O)CCO)c2cc1CC=C(C)C. The Bertz CT molecular complexity index is 716. The molecule has 0 aliphatic rings. The molecule has 0 fully saturated rings. The molecule has 0 aliphatic heterocycles. The molecule has 2 rings (SSSR count). The second-order valence-electron chi connectivity index (χ2n) is 5.43. The van der Waals surface area contributed by atoms with E-state index in [1.54, 1.807) is 13.3 Å². The van der Waals surface area contributed by atoms with Crippen LogP contribution in [0.4, 0.5) is 0 Å². The molecule has 4 nitrogen and oxygen atoms in total. The average molecular weight is 299 g/mol. The maximum atomic E-state index is 12.1. The minimum atomic E-state index is -0.169. The molecule has 0 unspecified atom stereocenters. The summed E-state index contributed by atoms with van der Waals surface area (Å²) in [5.74, 6) is 0.656. The van der Waals surface area contributed by atoms with Crippen LogP contribution in [0.5, 0.6) is 5.75 Å². The Morgan fingerprint density at radius 1 is 1.36 bits per heavy atom. The van der Waals surface area contributed by atoms with E-state index in [-0.39, 0.29) is 18.8 Å². The van der Waals surface area contributed by atoms with Gasteiger partial charge in [0, 0.05) is 18.0 Å². The lowest BCUT2D eigenvalue weighted by molar-refractivity contribution is 0.0953. The van der Waals surface area contributed by atoms with Crippen molar-refractivity contribution in [2.75, 3.05) is 13.7 Å². The molecule has 0 saturated heterocycles. The summed E-state index contributed by atoms with van der Waals surface area (Å²) < 4.78 is 5.46. The number of pyridine rings is 1. The van der Waals surface area contributed by atoms with Gasteiger partial charge in [-0.25, -0.2) is 0 Å². The highest BCUT2D eigenvalue weighted by Crippen LogP contribution is 2.28. The molecule has 0 spiro atoms. The predicted molar refractivity (Wildman–Crippen MR) is 87.5 cm³/mol. The number of carbonyl (C=O) groups is 1. The molecule has 0 aliphatic carbocycles. The number of nitrogens with zero attached hydrogens (tertiary/aromatic N) is 1. The first-order valence-electron chi connectivity index (χ1n) is 7.30. The van der Waals surface area contributed by atoms with Gasteiger partial charge in [0.1, 0.15) is 11.4 Å².